The maximum atomic E-state index is 5.56. The molecular weight excluding hydrogens is 130 g/mol. The first-order chi connectivity index (χ1) is 3.92. The zero-order valence-corrected chi connectivity index (χ0v) is 8.06. The molecule has 0 fully saturated rings. The van der Waals surface area contributed by atoms with E-state index >= 15 is 0 Å². The number of rotatable bonds is 3. The fraction of sp³-hybridized carbons (Fsp3) is 1.00. The van der Waals surface area contributed by atoms with E-state index in [0.717, 1.165) is 6.73 Å². The van der Waals surface area contributed by atoms with E-state index in [-0.39, 0.29) is 0 Å². The Labute approximate surface area is 58.9 Å². The van der Waals surface area contributed by atoms with E-state index in [1.54, 1.807) is 0 Å². The average Bonchev–Trinajstić information content (AvgIpc) is 1.59. The summed E-state index contributed by atoms with van der Waals surface area (Å²) in [7, 11) is 2.77. The fourth-order valence-electron chi connectivity index (χ4n) is 0.323. The molecule has 0 aromatic rings. The van der Waals surface area contributed by atoms with Gasteiger partial charge in [-0.05, 0) is 33.7 Å². The molecule has 0 aliphatic carbocycles. The Hall–Kier alpha value is 0.137. The normalized spacial score (nSPS) is 12.7. The van der Waals surface area contributed by atoms with Gasteiger partial charge in [-0.15, -0.1) is 0 Å². The summed E-state index contributed by atoms with van der Waals surface area (Å²) in [6.45, 7) is 7.33. The molecular formula is C6H17NOSi. The molecule has 0 atom stereocenters. The van der Waals surface area contributed by atoms with Gasteiger partial charge in [0.1, 0.15) is 0 Å². The van der Waals surface area contributed by atoms with Gasteiger partial charge in [0.2, 0.25) is 0 Å². The summed E-state index contributed by atoms with van der Waals surface area (Å²) in [5.74, 6) is 0. The van der Waals surface area contributed by atoms with Crippen LogP contribution in [0.15, 0.2) is 0 Å². The predicted octanol–water partition coefficient (Wildman–Crippen LogP) is 1.36. The van der Waals surface area contributed by atoms with Gasteiger partial charge < -0.3 is 4.43 Å². The van der Waals surface area contributed by atoms with Gasteiger partial charge in [0.25, 0.3) is 0 Å². The first kappa shape index (κ1) is 9.14. The Morgan fingerprint density at radius 1 is 1.22 bits per heavy atom. The molecule has 0 bridgehead atoms. The van der Waals surface area contributed by atoms with Crippen molar-refractivity contribution in [3.8, 4) is 0 Å². The maximum Gasteiger partial charge on any atom is 0.185 e. The van der Waals surface area contributed by atoms with E-state index in [1.807, 2.05) is 19.0 Å². The molecule has 0 heterocycles. The maximum absolute atomic E-state index is 5.56. The molecule has 0 saturated heterocycles. The molecule has 9 heavy (non-hydrogen) atoms. The largest absolute Gasteiger partial charge is 0.405 e. The van der Waals surface area contributed by atoms with Gasteiger partial charge in [0, 0.05) is 0 Å². The van der Waals surface area contributed by atoms with Crippen molar-refractivity contribution in [2.75, 3.05) is 20.8 Å². The second kappa shape index (κ2) is 3.34. The standard InChI is InChI=1S/C6H17NOSi/c1-7(2)6-8-9(3,4)5/h6H2,1-5H3. The molecule has 0 spiro atoms. The van der Waals surface area contributed by atoms with Crippen LogP contribution >= 0.6 is 0 Å². The molecule has 2 nitrogen and oxygen atoms in total. The Balaban J connectivity index is 3.28. The summed E-state index contributed by atoms with van der Waals surface area (Å²) in [4.78, 5) is 2.04. The van der Waals surface area contributed by atoms with Gasteiger partial charge in [-0.3, -0.25) is 4.90 Å². The third kappa shape index (κ3) is 8.14. The lowest BCUT2D eigenvalue weighted by atomic mass is 11.0. The fourth-order valence-corrected chi connectivity index (χ4v) is 0.968. The number of nitrogens with zero attached hydrogens (tertiary/aromatic N) is 1. The summed E-state index contributed by atoms with van der Waals surface area (Å²) in [5.41, 5.74) is 0. The van der Waals surface area contributed by atoms with Gasteiger partial charge in [-0.25, -0.2) is 0 Å². The van der Waals surface area contributed by atoms with Crippen molar-refractivity contribution in [3.63, 3.8) is 0 Å². The first-order valence-electron chi connectivity index (χ1n) is 3.20. The molecule has 0 aliphatic heterocycles. The van der Waals surface area contributed by atoms with Crippen LogP contribution in [0.25, 0.3) is 0 Å². The quantitative estimate of drug-likeness (QED) is 0.441. The van der Waals surface area contributed by atoms with E-state index in [9.17, 15) is 0 Å². The van der Waals surface area contributed by atoms with Crippen LogP contribution < -0.4 is 0 Å². The smallest absolute Gasteiger partial charge is 0.185 e. The second-order valence-corrected chi connectivity index (χ2v) is 7.98. The molecule has 0 N–H and O–H groups in total. The monoisotopic (exact) mass is 147 g/mol. The Morgan fingerprint density at radius 2 is 1.67 bits per heavy atom. The molecule has 0 saturated carbocycles. The number of hydrogen-bond donors (Lipinski definition) is 0. The molecule has 0 aromatic carbocycles. The van der Waals surface area contributed by atoms with Crippen LogP contribution in [-0.4, -0.2) is 34.0 Å². The third-order valence-electron chi connectivity index (χ3n) is 0.756. The lowest BCUT2D eigenvalue weighted by Crippen LogP contribution is -2.31. The van der Waals surface area contributed by atoms with Crippen LogP contribution in [0.4, 0.5) is 0 Å². The highest BCUT2D eigenvalue weighted by atomic mass is 28.4. The van der Waals surface area contributed by atoms with Crippen molar-refractivity contribution < 1.29 is 4.43 Å². The second-order valence-electron chi connectivity index (χ2n) is 3.47. The van der Waals surface area contributed by atoms with Gasteiger partial charge in [-0.1, -0.05) is 0 Å². The minimum Gasteiger partial charge on any atom is -0.405 e. The van der Waals surface area contributed by atoms with Crippen LogP contribution in [0.3, 0.4) is 0 Å². The van der Waals surface area contributed by atoms with Gasteiger partial charge in [0.05, 0.1) is 6.73 Å². The highest BCUT2D eigenvalue weighted by Gasteiger charge is 2.13. The third-order valence-corrected chi connectivity index (χ3v) is 1.75. The minimum atomic E-state index is -1.26. The number of hydrogen-bond acceptors (Lipinski definition) is 2. The Kier molecular flexibility index (Phi) is 3.39. The van der Waals surface area contributed by atoms with Crippen molar-refractivity contribution in [1.29, 1.82) is 0 Å². The summed E-state index contributed by atoms with van der Waals surface area (Å²) in [5, 5.41) is 0. The van der Waals surface area contributed by atoms with Gasteiger partial charge in [-0.2, -0.15) is 0 Å². The van der Waals surface area contributed by atoms with Crippen molar-refractivity contribution in [3.05, 3.63) is 0 Å². The lowest BCUT2D eigenvalue weighted by molar-refractivity contribution is 0.173. The molecule has 0 unspecified atom stereocenters. The van der Waals surface area contributed by atoms with Crippen molar-refractivity contribution in [2.45, 2.75) is 19.6 Å². The van der Waals surface area contributed by atoms with E-state index in [0.29, 0.717) is 0 Å². The summed E-state index contributed by atoms with van der Waals surface area (Å²) < 4.78 is 5.56. The molecule has 0 amide bonds. The summed E-state index contributed by atoms with van der Waals surface area (Å²) >= 11 is 0. The van der Waals surface area contributed by atoms with Crippen molar-refractivity contribution >= 4 is 8.32 Å². The molecule has 3 heteroatoms. The summed E-state index contributed by atoms with van der Waals surface area (Å²) in [6, 6.07) is 0. The molecule has 0 aromatic heterocycles. The minimum absolute atomic E-state index is 0.760. The summed E-state index contributed by atoms with van der Waals surface area (Å²) in [6.07, 6.45) is 0. The van der Waals surface area contributed by atoms with Crippen LogP contribution in [0.5, 0.6) is 0 Å². The lowest BCUT2D eigenvalue weighted by Gasteiger charge is -2.20. The molecule has 0 rings (SSSR count). The van der Waals surface area contributed by atoms with Gasteiger partial charge >= 0.3 is 0 Å². The van der Waals surface area contributed by atoms with Crippen LogP contribution in [0.2, 0.25) is 19.6 Å². The van der Waals surface area contributed by atoms with Crippen LogP contribution in [0, 0.1) is 0 Å². The van der Waals surface area contributed by atoms with Crippen molar-refractivity contribution in [1.82, 2.24) is 4.90 Å². The van der Waals surface area contributed by atoms with E-state index in [2.05, 4.69) is 19.6 Å². The Morgan fingerprint density at radius 3 is 1.78 bits per heavy atom. The highest BCUT2D eigenvalue weighted by molar-refractivity contribution is 6.69. The zero-order valence-electron chi connectivity index (χ0n) is 7.06. The molecule has 0 radical (unpaired) electrons. The van der Waals surface area contributed by atoms with Gasteiger partial charge in [0.15, 0.2) is 8.32 Å². The molecule has 56 valence electrons. The van der Waals surface area contributed by atoms with Crippen LogP contribution in [0.1, 0.15) is 0 Å². The van der Waals surface area contributed by atoms with Crippen molar-refractivity contribution in [2.24, 2.45) is 0 Å². The first-order valence-corrected chi connectivity index (χ1v) is 6.61. The Bertz CT molecular complexity index is 77.6. The topological polar surface area (TPSA) is 12.5 Å². The highest BCUT2D eigenvalue weighted by Crippen LogP contribution is 2.01. The van der Waals surface area contributed by atoms with E-state index in [1.165, 1.54) is 0 Å². The SMILES string of the molecule is CN(C)CO[Si](C)(C)C. The van der Waals surface area contributed by atoms with E-state index in [4.69, 9.17) is 4.43 Å². The predicted molar refractivity (Wildman–Crippen MR) is 43.0 cm³/mol. The average molecular weight is 147 g/mol. The zero-order chi connectivity index (χ0) is 7.49. The van der Waals surface area contributed by atoms with E-state index < -0.39 is 8.32 Å². The molecule has 0 aliphatic rings. The van der Waals surface area contributed by atoms with Crippen LogP contribution in [-0.2, 0) is 4.43 Å².